The molecule has 0 unspecified atom stereocenters. The fourth-order valence-electron chi connectivity index (χ4n) is 5.88. The molecule has 4 aliphatic heterocycles. The smallest absolute Gasteiger partial charge is 0.248 e. The molecule has 3 fully saturated rings. The van der Waals surface area contributed by atoms with Crippen LogP contribution in [0.15, 0.2) is 36.9 Å². The van der Waals surface area contributed by atoms with Gasteiger partial charge in [-0.05, 0) is 18.9 Å². The number of carbonyl (C=O) groups is 2. The van der Waals surface area contributed by atoms with Gasteiger partial charge in [-0.3, -0.25) is 9.59 Å². The first kappa shape index (κ1) is 16.8. The Morgan fingerprint density at radius 2 is 2.00 bits per heavy atom. The molecule has 1 aromatic carbocycles. The zero-order valence-corrected chi connectivity index (χ0v) is 15.7. The number of nitrogens with zero attached hydrogens (tertiary/aromatic N) is 2. The van der Waals surface area contributed by atoms with E-state index >= 15 is 0 Å². The number of aliphatic hydroxyl groups is 1. The van der Waals surface area contributed by atoms with Gasteiger partial charge in [-0.15, -0.1) is 6.58 Å². The van der Waals surface area contributed by atoms with E-state index in [-0.39, 0.29) is 18.2 Å². The summed E-state index contributed by atoms with van der Waals surface area (Å²) in [4.78, 5) is 30.2. The van der Waals surface area contributed by atoms with E-state index in [1.807, 2.05) is 38.1 Å². The highest BCUT2D eigenvalue weighted by molar-refractivity contribution is 6.00. The highest BCUT2D eigenvalue weighted by Gasteiger charge is 2.76. The Kier molecular flexibility index (Phi) is 3.07. The lowest BCUT2D eigenvalue weighted by atomic mass is 9.68. The van der Waals surface area contributed by atoms with Crippen molar-refractivity contribution in [2.45, 2.75) is 56.5 Å². The Hall–Kier alpha value is -2.34. The molecule has 6 nitrogen and oxygen atoms in total. The molecule has 0 bridgehead atoms. The normalized spacial score (nSPS) is 36.9. The van der Waals surface area contributed by atoms with Crippen LogP contribution in [0, 0.1) is 5.41 Å². The van der Waals surface area contributed by atoms with Crippen LogP contribution in [0.1, 0.15) is 38.7 Å². The predicted octanol–water partition coefficient (Wildman–Crippen LogP) is 1.81. The molecule has 0 aliphatic carbocycles. The van der Waals surface area contributed by atoms with Gasteiger partial charge < -0.3 is 20.2 Å². The monoisotopic (exact) mass is 367 g/mol. The number of piperazine rings is 1. The van der Waals surface area contributed by atoms with Crippen molar-refractivity contribution in [1.82, 2.24) is 9.80 Å². The summed E-state index contributed by atoms with van der Waals surface area (Å²) in [6.45, 7) is 8.54. The molecule has 2 amide bonds. The summed E-state index contributed by atoms with van der Waals surface area (Å²) in [5.41, 5.74) is -1.63. The third kappa shape index (κ3) is 1.66. The van der Waals surface area contributed by atoms with E-state index in [0.717, 1.165) is 17.7 Å². The Balaban J connectivity index is 1.77. The lowest BCUT2D eigenvalue weighted by Crippen LogP contribution is -2.73. The number of carbonyl (C=O) groups excluding carboxylic acids is 2. The van der Waals surface area contributed by atoms with Gasteiger partial charge in [0.2, 0.25) is 11.8 Å². The molecule has 4 heterocycles. The quantitative estimate of drug-likeness (QED) is 0.782. The van der Waals surface area contributed by atoms with E-state index in [0.29, 0.717) is 13.0 Å². The SMILES string of the molecule is C=CC(C)(C)[C@@]12Nc3ccccc3[C@]1(O)C[C@H]1C(=O)N3CCC[C@H]3C(=O)N12. The largest absolute Gasteiger partial charge is 0.380 e. The van der Waals surface area contributed by atoms with Crippen LogP contribution >= 0.6 is 0 Å². The van der Waals surface area contributed by atoms with Crippen LogP contribution in [0.2, 0.25) is 0 Å². The number of para-hydroxylation sites is 1. The number of amides is 2. The van der Waals surface area contributed by atoms with Gasteiger partial charge in [0, 0.05) is 29.6 Å². The van der Waals surface area contributed by atoms with Crippen LogP contribution in [-0.2, 0) is 15.2 Å². The molecule has 142 valence electrons. The van der Waals surface area contributed by atoms with Gasteiger partial charge in [0.05, 0.1) is 0 Å². The second kappa shape index (κ2) is 4.93. The highest BCUT2D eigenvalue weighted by atomic mass is 16.3. The van der Waals surface area contributed by atoms with Gasteiger partial charge in [0.25, 0.3) is 0 Å². The van der Waals surface area contributed by atoms with Crippen molar-refractivity contribution in [2.75, 3.05) is 11.9 Å². The molecule has 3 saturated heterocycles. The average Bonchev–Trinajstić information content (AvgIpc) is 3.29. The van der Waals surface area contributed by atoms with Crippen molar-refractivity contribution in [1.29, 1.82) is 0 Å². The second-order valence-electron chi connectivity index (χ2n) is 8.78. The maximum Gasteiger partial charge on any atom is 0.248 e. The number of nitrogens with one attached hydrogen (secondary N) is 1. The van der Waals surface area contributed by atoms with Gasteiger partial charge in [-0.2, -0.15) is 0 Å². The number of anilines is 1. The Bertz CT molecular complexity index is 881. The first-order chi connectivity index (χ1) is 12.8. The van der Waals surface area contributed by atoms with Gasteiger partial charge in [0.15, 0.2) is 5.66 Å². The third-order valence-electron chi connectivity index (χ3n) is 7.23. The number of benzene rings is 1. The zero-order valence-electron chi connectivity index (χ0n) is 15.7. The molecule has 5 rings (SSSR count). The van der Waals surface area contributed by atoms with E-state index < -0.39 is 28.8 Å². The average molecular weight is 367 g/mol. The molecule has 0 radical (unpaired) electrons. The maximum absolute atomic E-state index is 13.6. The van der Waals surface area contributed by atoms with E-state index in [2.05, 4.69) is 11.9 Å². The van der Waals surface area contributed by atoms with Crippen molar-refractivity contribution in [3.05, 3.63) is 42.5 Å². The standard InChI is InChI=1S/C21H25N3O3/c1-4-19(2,3)21-20(27,13-8-5-6-9-14(13)22-21)12-16-17(25)23-11-7-10-15(23)18(26)24(16)21/h4-6,8-9,15-16,22,27H,1,7,10-12H2,2-3H3/t15-,16-,20+,21-/m0/s1. The fourth-order valence-corrected chi connectivity index (χ4v) is 5.88. The second-order valence-corrected chi connectivity index (χ2v) is 8.78. The summed E-state index contributed by atoms with van der Waals surface area (Å²) in [6, 6.07) is 6.52. The molecular formula is C21H25N3O3. The molecule has 1 aromatic rings. The van der Waals surface area contributed by atoms with Crippen LogP contribution in [0.5, 0.6) is 0 Å². The number of fused-ring (bicyclic) bond motifs is 6. The minimum Gasteiger partial charge on any atom is -0.380 e. The van der Waals surface area contributed by atoms with Gasteiger partial charge >= 0.3 is 0 Å². The maximum atomic E-state index is 13.6. The van der Waals surface area contributed by atoms with Gasteiger partial charge in [0.1, 0.15) is 17.7 Å². The highest BCUT2D eigenvalue weighted by Crippen LogP contribution is 2.63. The summed E-state index contributed by atoms with van der Waals surface area (Å²) in [6.07, 6.45) is 3.50. The van der Waals surface area contributed by atoms with Crippen LogP contribution in [-0.4, -0.2) is 51.0 Å². The number of rotatable bonds is 2. The summed E-state index contributed by atoms with van der Waals surface area (Å²) in [7, 11) is 0. The van der Waals surface area contributed by atoms with E-state index in [1.165, 1.54) is 0 Å². The van der Waals surface area contributed by atoms with E-state index in [4.69, 9.17) is 0 Å². The number of hydrogen-bond donors (Lipinski definition) is 2. The van der Waals surface area contributed by atoms with Gasteiger partial charge in [-0.25, -0.2) is 0 Å². The first-order valence-corrected chi connectivity index (χ1v) is 9.66. The Morgan fingerprint density at radius 3 is 2.74 bits per heavy atom. The summed E-state index contributed by atoms with van der Waals surface area (Å²) in [5.74, 6) is -0.110. The van der Waals surface area contributed by atoms with E-state index in [1.54, 1.807) is 15.9 Å². The predicted molar refractivity (Wildman–Crippen MR) is 101 cm³/mol. The molecule has 2 N–H and O–H groups in total. The molecule has 27 heavy (non-hydrogen) atoms. The molecule has 0 saturated carbocycles. The van der Waals surface area contributed by atoms with Crippen molar-refractivity contribution >= 4 is 17.5 Å². The molecule has 0 aromatic heterocycles. The number of hydrogen-bond acceptors (Lipinski definition) is 4. The first-order valence-electron chi connectivity index (χ1n) is 9.66. The Labute approximate surface area is 158 Å². The summed E-state index contributed by atoms with van der Waals surface area (Å²) >= 11 is 0. The van der Waals surface area contributed by atoms with E-state index in [9.17, 15) is 14.7 Å². The Morgan fingerprint density at radius 1 is 1.26 bits per heavy atom. The summed E-state index contributed by atoms with van der Waals surface area (Å²) in [5, 5.41) is 15.5. The van der Waals surface area contributed by atoms with Crippen LogP contribution in [0.25, 0.3) is 0 Å². The minimum atomic E-state index is -1.36. The van der Waals surface area contributed by atoms with Crippen molar-refractivity contribution < 1.29 is 14.7 Å². The van der Waals surface area contributed by atoms with Crippen LogP contribution < -0.4 is 5.32 Å². The lowest BCUT2D eigenvalue weighted by Gasteiger charge is -2.54. The van der Waals surface area contributed by atoms with Gasteiger partial charge in [-0.1, -0.05) is 38.1 Å². The molecule has 6 heteroatoms. The third-order valence-corrected chi connectivity index (χ3v) is 7.23. The topological polar surface area (TPSA) is 72.9 Å². The van der Waals surface area contributed by atoms with Crippen molar-refractivity contribution in [3.63, 3.8) is 0 Å². The minimum absolute atomic E-state index is 0.0431. The van der Waals surface area contributed by atoms with Crippen LogP contribution in [0.4, 0.5) is 5.69 Å². The molecule has 0 spiro atoms. The zero-order chi connectivity index (χ0) is 19.2. The lowest BCUT2D eigenvalue weighted by molar-refractivity contribution is -0.169. The summed E-state index contributed by atoms with van der Waals surface area (Å²) < 4.78 is 0. The molecule has 4 atom stereocenters. The van der Waals surface area contributed by atoms with Crippen molar-refractivity contribution in [2.24, 2.45) is 5.41 Å². The molecular weight excluding hydrogens is 342 g/mol. The molecule has 4 aliphatic rings. The van der Waals surface area contributed by atoms with Crippen LogP contribution in [0.3, 0.4) is 0 Å². The van der Waals surface area contributed by atoms with Crippen molar-refractivity contribution in [3.8, 4) is 0 Å². The fraction of sp³-hybridized carbons (Fsp3) is 0.524.